The minimum absolute atomic E-state index is 0.306. The summed E-state index contributed by atoms with van der Waals surface area (Å²) < 4.78 is 0. The van der Waals surface area contributed by atoms with Crippen LogP contribution in [0, 0.1) is 6.92 Å². The molecular weight excluding hydrogens is 218 g/mol. The Morgan fingerprint density at radius 1 is 1.43 bits per heavy atom. The van der Waals surface area contributed by atoms with E-state index in [2.05, 4.69) is 9.97 Å². The van der Waals surface area contributed by atoms with Crippen LogP contribution in [-0.2, 0) is 0 Å². The molecule has 0 aliphatic carbocycles. The summed E-state index contributed by atoms with van der Waals surface area (Å²) in [6, 6.07) is 1.98. The summed E-state index contributed by atoms with van der Waals surface area (Å²) in [4.78, 5) is 9.11. The van der Waals surface area contributed by atoms with Crippen LogP contribution in [0.3, 0.4) is 0 Å². The highest BCUT2D eigenvalue weighted by Crippen LogP contribution is 2.32. The normalized spacial score (nSPS) is 10.4. The third kappa shape index (κ3) is 1.47. The largest absolute Gasteiger partial charge is 0.394 e. The molecule has 5 heteroatoms. The van der Waals surface area contributed by atoms with E-state index in [9.17, 15) is 0 Å². The summed E-state index contributed by atoms with van der Waals surface area (Å²) in [5.74, 6) is 0. The lowest BCUT2D eigenvalue weighted by atomic mass is 10.2. The number of nitrogens with zero attached hydrogens (tertiary/aromatic N) is 2. The van der Waals surface area contributed by atoms with Gasteiger partial charge in [-0.2, -0.15) is 0 Å². The molecule has 2 rings (SSSR count). The summed E-state index contributed by atoms with van der Waals surface area (Å²) in [7, 11) is 0. The molecule has 0 spiro atoms. The van der Waals surface area contributed by atoms with Crippen molar-refractivity contribution in [1.29, 1.82) is 0 Å². The van der Waals surface area contributed by atoms with Gasteiger partial charge in [-0.25, -0.2) is 9.97 Å². The van der Waals surface area contributed by atoms with Crippen LogP contribution in [0.25, 0.3) is 11.3 Å². The Labute approximate surface area is 90.6 Å². The first-order valence-corrected chi connectivity index (χ1v) is 5.26. The molecule has 2 N–H and O–H groups in total. The first kappa shape index (κ1) is 9.43. The van der Waals surface area contributed by atoms with Crippen LogP contribution in [0.2, 0.25) is 5.15 Å². The number of halogens is 1. The molecule has 0 aromatic carbocycles. The van der Waals surface area contributed by atoms with Crippen molar-refractivity contribution < 1.29 is 0 Å². The Kier molecular flexibility index (Phi) is 2.39. The van der Waals surface area contributed by atoms with E-state index in [1.807, 2.05) is 18.4 Å². The molecular formula is C9H8ClN3S. The molecule has 3 nitrogen and oxygen atoms in total. The van der Waals surface area contributed by atoms with Crippen LogP contribution in [0.5, 0.6) is 0 Å². The standard InChI is InChI=1S/C9H8ClN3S/c1-5-6(2-3-14-5)8-7(11)9(10)13-4-12-8/h2-4H,11H2,1H3. The summed E-state index contributed by atoms with van der Waals surface area (Å²) in [5, 5.41) is 2.31. The molecule has 2 aromatic rings. The Balaban J connectivity index is 2.63. The van der Waals surface area contributed by atoms with Crippen LogP contribution in [-0.4, -0.2) is 9.97 Å². The summed E-state index contributed by atoms with van der Waals surface area (Å²) in [6.45, 7) is 2.02. The van der Waals surface area contributed by atoms with Crippen molar-refractivity contribution in [1.82, 2.24) is 9.97 Å². The lowest BCUT2D eigenvalue weighted by Gasteiger charge is -2.03. The van der Waals surface area contributed by atoms with E-state index in [4.69, 9.17) is 17.3 Å². The van der Waals surface area contributed by atoms with Crippen LogP contribution >= 0.6 is 22.9 Å². The van der Waals surface area contributed by atoms with Crippen LogP contribution in [0.1, 0.15) is 4.88 Å². The fourth-order valence-corrected chi connectivity index (χ4v) is 2.05. The fourth-order valence-electron chi connectivity index (χ4n) is 1.22. The molecule has 0 atom stereocenters. The Morgan fingerprint density at radius 2 is 2.21 bits per heavy atom. The molecule has 0 saturated carbocycles. The second-order valence-electron chi connectivity index (χ2n) is 2.82. The van der Waals surface area contributed by atoms with Crippen LogP contribution < -0.4 is 5.73 Å². The summed E-state index contributed by atoms with van der Waals surface area (Å²) in [5.41, 5.74) is 7.97. The van der Waals surface area contributed by atoms with Gasteiger partial charge in [-0.1, -0.05) is 11.6 Å². The predicted molar refractivity (Wildman–Crippen MR) is 59.5 cm³/mol. The van der Waals surface area contributed by atoms with Gasteiger partial charge in [-0.15, -0.1) is 11.3 Å². The molecule has 72 valence electrons. The number of nitrogen functional groups attached to an aromatic ring is 1. The number of hydrogen-bond donors (Lipinski definition) is 1. The molecule has 2 heterocycles. The van der Waals surface area contributed by atoms with E-state index in [-0.39, 0.29) is 0 Å². The van der Waals surface area contributed by atoms with Gasteiger partial charge >= 0.3 is 0 Å². The van der Waals surface area contributed by atoms with Crippen LogP contribution in [0.4, 0.5) is 5.69 Å². The quantitative estimate of drug-likeness (QED) is 0.760. The first-order chi connectivity index (χ1) is 6.70. The highest BCUT2D eigenvalue weighted by Gasteiger charge is 2.10. The third-order valence-corrected chi connectivity index (χ3v) is 3.10. The SMILES string of the molecule is Cc1sccc1-c1ncnc(Cl)c1N. The maximum Gasteiger partial charge on any atom is 0.155 e. The highest BCUT2D eigenvalue weighted by molar-refractivity contribution is 7.10. The van der Waals surface area contributed by atoms with Gasteiger partial charge in [0, 0.05) is 10.4 Å². The zero-order valence-corrected chi connectivity index (χ0v) is 9.06. The Morgan fingerprint density at radius 3 is 2.86 bits per heavy atom. The van der Waals surface area contributed by atoms with Gasteiger partial charge in [-0.05, 0) is 18.4 Å². The molecule has 0 aliphatic heterocycles. The lowest BCUT2D eigenvalue weighted by Crippen LogP contribution is -1.96. The van der Waals surface area contributed by atoms with E-state index in [1.165, 1.54) is 11.2 Å². The van der Waals surface area contributed by atoms with E-state index in [0.29, 0.717) is 16.5 Å². The molecule has 0 fully saturated rings. The zero-order valence-electron chi connectivity index (χ0n) is 7.49. The highest BCUT2D eigenvalue weighted by atomic mass is 35.5. The van der Waals surface area contributed by atoms with Gasteiger partial charge in [0.1, 0.15) is 6.33 Å². The lowest BCUT2D eigenvalue weighted by molar-refractivity contribution is 1.18. The zero-order chi connectivity index (χ0) is 10.1. The molecule has 14 heavy (non-hydrogen) atoms. The molecule has 0 amide bonds. The van der Waals surface area contributed by atoms with Crippen molar-refractivity contribution in [3.63, 3.8) is 0 Å². The van der Waals surface area contributed by atoms with Gasteiger partial charge in [-0.3, -0.25) is 0 Å². The van der Waals surface area contributed by atoms with Crippen molar-refractivity contribution in [3.8, 4) is 11.3 Å². The molecule has 2 aromatic heterocycles. The van der Waals surface area contributed by atoms with Crippen molar-refractivity contribution in [2.24, 2.45) is 0 Å². The number of anilines is 1. The van der Waals surface area contributed by atoms with Crippen molar-refractivity contribution in [2.45, 2.75) is 6.92 Å². The number of thiophene rings is 1. The molecule has 0 radical (unpaired) electrons. The second kappa shape index (κ2) is 3.55. The van der Waals surface area contributed by atoms with Gasteiger partial charge in [0.2, 0.25) is 0 Å². The first-order valence-electron chi connectivity index (χ1n) is 4.00. The fraction of sp³-hybridized carbons (Fsp3) is 0.111. The number of rotatable bonds is 1. The smallest absolute Gasteiger partial charge is 0.155 e. The maximum atomic E-state index is 5.81. The minimum Gasteiger partial charge on any atom is -0.394 e. The van der Waals surface area contributed by atoms with Gasteiger partial charge < -0.3 is 5.73 Å². The van der Waals surface area contributed by atoms with Gasteiger partial charge in [0.15, 0.2) is 5.15 Å². The Bertz CT molecular complexity index is 467. The molecule has 0 bridgehead atoms. The minimum atomic E-state index is 0.306. The number of aromatic nitrogens is 2. The van der Waals surface area contributed by atoms with E-state index < -0.39 is 0 Å². The van der Waals surface area contributed by atoms with E-state index in [0.717, 1.165) is 5.56 Å². The monoisotopic (exact) mass is 225 g/mol. The predicted octanol–water partition coefficient (Wildman–Crippen LogP) is 2.75. The van der Waals surface area contributed by atoms with Gasteiger partial charge in [0.25, 0.3) is 0 Å². The number of nitrogens with two attached hydrogens (primary N) is 1. The van der Waals surface area contributed by atoms with Crippen molar-refractivity contribution in [2.75, 3.05) is 5.73 Å². The molecule has 0 aliphatic rings. The average molecular weight is 226 g/mol. The average Bonchev–Trinajstić information content (AvgIpc) is 2.57. The Hall–Kier alpha value is -1.13. The van der Waals surface area contributed by atoms with E-state index in [1.54, 1.807) is 11.3 Å². The van der Waals surface area contributed by atoms with Crippen LogP contribution in [0.15, 0.2) is 17.8 Å². The van der Waals surface area contributed by atoms with Gasteiger partial charge in [0.05, 0.1) is 11.4 Å². The third-order valence-electron chi connectivity index (χ3n) is 1.95. The van der Waals surface area contributed by atoms with Crippen molar-refractivity contribution in [3.05, 3.63) is 27.8 Å². The summed E-state index contributed by atoms with van der Waals surface area (Å²) in [6.07, 6.45) is 1.42. The molecule has 0 unspecified atom stereocenters. The van der Waals surface area contributed by atoms with E-state index >= 15 is 0 Å². The molecule has 0 saturated heterocycles. The van der Waals surface area contributed by atoms with Crippen molar-refractivity contribution >= 4 is 28.6 Å². The topological polar surface area (TPSA) is 51.8 Å². The number of aryl methyl sites for hydroxylation is 1. The maximum absolute atomic E-state index is 5.81. The second-order valence-corrected chi connectivity index (χ2v) is 4.30. The summed E-state index contributed by atoms with van der Waals surface area (Å²) >= 11 is 7.47. The number of hydrogen-bond acceptors (Lipinski definition) is 4.